The third-order valence-corrected chi connectivity index (χ3v) is 8.99. The highest BCUT2D eigenvalue weighted by molar-refractivity contribution is 7.92. The Labute approximate surface area is 251 Å². The molecule has 0 saturated carbocycles. The molecular formula is C34H31N3O5S. The quantitative estimate of drug-likeness (QED) is 0.204. The number of aromatic nitrogens is 1. The number of ether oxygens (including phenoxy) is 1. The standard InChI is InChI=1S/C34H31N3O5S/c1-2-29(25-10-9-15-28(20-25)37-43(40,41)32-17-16-24(22-35)23-36-32)33-30(39)21-34(42-31(33)18-19-38,26-11-5-3-6-12-26)27-13-7-4-8-14-27/h3-17,19-20,23,29,31,37,39H,2,18,21H2,1H3. The maximum Gasteiger partial charge on any atom is 0.279 e. The van der Waals surface area contributed by atoms with Gasteiger partial charge in [-0.1, -0.05) is 79.7 Å². The Morgan fingerprint density at radius 3 is 2.28 bits per heavy atom. The first-order valence-electron chi connectivity index (χ1n) is 13.9. The number of rotatable bonds is 10. The molecule has 2 heterocycles. The second-order valence-corrected chi connectivity index (χ2v) is 12.0. The number of benzene rings is 3. The molecule has 1 aliphatic heterocycles. The van der Waals surface area contributed by atoms with Crippen molar-refractivity contribution in [2.75, 3.05) is 4.72 Å². The van der Waals surface area contributed by atoms with Gasteiger partial charge in [-0.15, -0.1) is 0 Å². The van der Waals surface area contributed by atoms with Crippen LogP contribution in [-0.2, 0) is 25.2 Å². The molecule has 0 bridgehead atoms. The zero-order chi connectivity index (χ0) is 30.5. The van der Waals surface area contributed by atoms with Gasteiger partial charge in [-0.05, 0) is 47.4 Å². The monoisotopic (exact) mass is 593 g/mol. The number of carbonyl (C=O) groups is 1. The molecule has 0 amide bonds. The SMILES string of the molecule is CCC(C1=C(O)CC(c2ccccc2)(c2ccccc2)OC1CC=O)c1cccc(NS(=O)(=O)c2ccc(C#N)cn2)c1. The van der Waals surface area contributed by atoms with E-state index in [1.165, 1.54) is 18.3 Å². The molecule has 8 nitrogen and oxygen atoms in total. The molecule has 5 rings (SSSR count). The van der Waals surface area contributed by atoms with E-state index in [9.17, 15) is 18.3 Å². The van der Waals surface area contributed by atoms with Crippen molar-refractivity contribution in [3.05, 3.63) is 137 Å². The minimum atomic E-state index is -4.02. The number of aldehydes is 1. The van der Waals surface area contributed by atoms with Crippen molar-refractivity contribution >= 4 is 22.0 Å². The molecule has 0 saturated heterocycles. The average Bonchev–Trinajstić information content (AvgIpc) is 3.03. The minimum absolute atomic E-state index is 0.0357. The normalized spacial score (nSPS) is 17.1. The summed E-state index contributed by atoms with van der Waals surface area (Å²) in [7, 11) is -4.02. The summed E-state index contributed by atoms with van der Waals surface area (Å²) in [5, 5.41) is 20.6. The maximum absolute atomic E-state index is 13.0. The fraction of sp³-hybridized carbons (Fsp3) is 0.206. The number of nitriles is 1. The molecule has 9 heteroatoms. The van der Waals surface area contributed by atoms with Crippen LogP contribution in [-0.4, -0.2) is 30.9 Å². The van der Waals surface area contributed by atoms with Gasteiger partial charge in [-0.3, -0.25) is 4.72 Å². The summed E-state index contributed by atoms with van der Waals surface area (Å²) in [4.78, 5) is 15.9. The summed E-state index contributed by atoms with van der Waals surface area (Å²) in [6, 6.07) is 30.9. The first kappa shape index (κ1) is 29.7. The molecule has 1 aliphatic rings. The van der Waals surface area contributed by atoms with E-state index in [-0.39, 0.29) is 35.1 Å². The lowest BCUT2D eigenvalue weighted by atomic mass is 9.75. The molecule has 0 fully saturated rings. The van der Waals surface area contributed by atoms with Gasteiger partial charge in [0, 0.05) is 36.2 Å². The maximum atomic E-state index is 13.0. The van der Waals surface area contributed by atoms with Crippen molar-refractivity contribution in [1.82, 2.24) is 4.98 Å². The lowest BCUT2D eigenvalue weighted by molar-refractivity contribution is -0.116. The van der Waals surface area contributed by atoms with Crippen LogP contribution in [0.4, 0.5) is 5.69 Å². The van der Waals surface area contributed by atoms with Crippen molar-refractivity contribution in [1.29, 1.82) is 5.26 Å². The fourth-order valence-corrected chi connectivity index (χ4v) is 6.73. The van der Waals surface area contributed by atoms with E-state index in [0.717, 1.165) is 23.0 Å². The molecule has 0 aliphatic carbocycles. The van der Waals surface area contributed by atoms with Crippen LogP contribution in [0.5, 0.6) is 0 Å². The Morgan fingerprint density at radius 1 is 1.05 bits per heavy atom. The number of nitrogens with zero attached hydrogens (tertiary/aromatic N) is 2. The topological polar surface area (TPSA) is 129 Å². The lowest BCUT2D eigenvalue weighted by Gasteiger charge is -2.44. The van der Waals surface area contributed by atoms with E-state index in [4.69, 9.17) is 10.00 Å². The third-order valence-electron chi connectivity index (χ3n) is 7.70. The van der Waals surface area contributed by atoms with Crippen molar-refractivity contribution in [2.24, 2.45) is 0 Å². The second kappa shape index (κ2) is 12.6. The molecular weight excluding hydrogens is 562 g/mol. The van der Waals surface area contributed by atoms with Gasteiger partial charge in [0.15, 0.2) is 5.03 Å². The Kier molecular flexibility index (Phi) is 8.71. The van der Waals surface area contributed by atoms with Crippen LogP contribution < -0.4 is 4.72 Å². The van der Waals surface area contributed by atoms with Crippen LogP contribution >= 0.6 is 0 Å². The van der Waals surface area contributed by atoms with Crippen LogP contribution in [0.1, 0.15) is 54.4 Å². The summed E-state index contributed by atoms with van der Waals surface area (Å²) >= 11 is 0. The average molecular weight is 594 g/mol. The fourth-order valence-electron chi connectivity index (χ4n) is 5.75. The van der Waals surface area contributed by atoms with E-state index in [1.807, 2.05) is 79.7 Å². The Morgan fingerprint density at radius 2 is 1.72 bits per heavy atom. The molecule has 4 aromatic rings. The van der Waals surface area contributed by atoms with Crippen LogP contribution in [0.15, 0.2) is 120 Å². The number of hydrogen-bond donors (Lipinski definition) is 2. The number of anilines is 1. The molecule has 2 unspecified atom stereocenters. The Balaban J connectivity index is 1.53. The smallest absolute Gasteiger partial charge is 0.279 e. The van der Waals surface area contributed by atoms with Gasteiger partial charge >= 0.3 is 0 Å². The predicted octanol–water partition coefficient (Wildman–Crippen LogP) is 6.38. The largest absolute Gasteiger partial charge is 0.512 e. The first-order valence-corrected chi connectivity index (χ1v) is 15.4. The van der Waals surface area contributed by atoms with E-state index in [1.54, 1.807) is 18.2 Å². The number of aliphatic hydroxyl groups is 1. The number of hydrogen-bond acceptors (Lipinski definition) is 7. The van der Waals surface area contributed by atoms with Crippen LogP contribution in [0, 0.1) is 11.3 Å². The molecule has 3 aromatic carbocycles. The van der Waals surface area contributed by atoms with E-state index >= 15 is 0 Å². The molecule has 0 spiro atoms. The van der Waals surface area contributed by atoms with Crippen molar-refractivity contribution in [2.45, 2.75) is 48.8 Å². The van der Waals surface area contributed by atoms with E-state index in [2.05, 4.69) is 9.71 Å². The molecule has 0 radical (unpaired) electrons. The van der Waals surface area contributed by atoms with Crippen LogP contribution in [0.3, 0.4) is 0 Å². The number of carbonyl (C=O) groups excluding carboxylic acids is 1. The number of aliphatic hydroxyl groups excluding tert-OH is 1. The zero-order valence-electron chi connectivity index (χ0n) is 23.6. The molecule has 43 heavy (non-hydrogen) atoms. The van der Waals surface area contributed by atoms with Gasteiger partial charge in [-0.25, -0.2) is 4.98 Å². The van der Waals surface area contributed by atoms with Crippen molar-refractivity contribution in [3.8, 4) is 6.07 Å². The van der Waals surface area contributed by atoms with Crippen LogP contribution in [0.2, 0.25) is 0 Å². The zero-order valence-corrected chi connectivity index (χ0v) is 24.4. The molecule has 1 aromatic heterocycles. The van der Waals surface area contributed by atoms with Gasteiger partial charge in [0.2, 0.25) is 0 Å². The summed E-state index contributed by atoms with van der Waals surface area (Å²) < 4.78 is 35.5. The summed E-state index contributed by atoms with van der Waals surface area (Å²) in [5.41, 5.74) is 2.64. The number of nitrogens with one attached hydrogen (secondary N) is 1. The summed E-state index contributed by atoms with van der Waals surface area (Å²) in [5.74, 6) is -0.211. The summed E-state index contributed by atoms with van der Waals surface area (Å²) in [6.45, 7) is 1.97. The van der Waals surface area contributed by atoms with Crippen molar-refractivity contribution in [3.63, 3.8) is 0 Å². The summed E-state index contributed by atoms with van der Waals surface area (Å²) in [6.07, 6.45) is 2.04. The van der Waals surface area contributed by atoms with E-state index < -0.39 is 21.7 Å². The van der Waals surface area contributed by atoms with Gasteiger partial charge < -0.3 is 14.6 Å². The van der Waals surface area contributed by atoms with Gasteiger partial charge in [-0.2, -0.15) is 13.7 Å². The third kappa shape index (κ3) is 6.07. The predicted molar refractivity (Wildman–Crippen MR) is 163 cm³/mol. The second-order valence-electron chi connectivity index (χ2n) is 10.3. The Hall–Kier alpha value is -4.78. The molecule has 2 atom stereocenters. The number of sulfonamides is 1. The first-order chi connectivity index (χ1) is 20.8. The highest BCUT2D eigenvalue weighted by atomic mass is 32.2. The van der Waals surface area contributed by atoms with Gasteiger partial charge in [0.1, 0.15) is 18.0 Å². The highest BCUT2D eigenvalue weighted by Gasteiger charge is 2.45. The molecule has 218 valence electrons. The lowest BCUT2D eigenvalue weighted by Crippen LogP contribution is -2.42. The van der Waals surface area contributed by atoms with E-state index in [0.29, 0.717) is 17.7 Å². The van der Waals surface area contributed by atoms with Gasteiger partial charge in [0.25, 0.3) is 10.0 Å². The molecule has 2 N–H and O–H groups in total. The highest BCUT2D eigenvalue weighted by Crippen LogP contribution is 2.49. The van der Waals surface area contributed by atoms with Crippen molar-refractivity contribution < 1.29 is 23.1 Å². The van der Waals surface area contributed by atoms with Crippen LogP contribution in [0.25, 0.3) is 0 Å². The Bertz CT molecular complexity index is 1730. The minimum Gasteiger partial charge on any atom is -0.512 e. The number of pyridine rings is 1. The van der Waals surface area contributed by atoms with Gasteiger partial charge in [0.05, 0.1) is 17.4 Å².